The molecule has 1 aromatic rings. The molecule has 0 bridgehead atoms. The number of phenolic OH excluding ortho intramolecular Hbond substituents is 1. The fourth-order valence-electron chi connectivity index (χ4n) is 1.61. The molecule has 0 aromatic heterocycles. The third kappa shape index (κ3) is 3.71. The predicted molar refractivity (Wildman–Crippen MR) is 71.2 cm³/mol. The van der Waals surface area contributed by atoms with Crippen LogP contribution in [0, 0.1) is 12.3 Å². The highest BCUT2D eigenvalue weighted by atomic mass is 16.4. The van der Waals surface area contributed by atoms with Crippen LogP contribution in [-0.4, -0.2) is 28.1 Å². The molecule has 5 heteroatoms. The third-order valence-corrected chi connectivity index (χ3v) is 2.86. The lowest BCUT2D eigenvalue weighted by molar-refractivity contribution is -0.142. The molecule has 0 radical (unpaired) electrons. The Morgan fingerprint density at radius 2 is 1.84 bits per heavy atom. The topological polar surface area (TPSA) is 86.6 Å². The van der Waals surface area contributed by atoms with Crippen LogP contribution in [0.15, 0.2) is 18.2 Å². The Morgan fingerprint density at radius 3 is 2.26 bits per heavy atom. The van der Waals surface area contributed by atoms with Gasteiger partial charge in [0.15, 0.2) is 0 Å². The van der Waals surface area contributed by atoms with Gasteiger partial charge in [0, 0.05) is 5.56 Å². The highest BCUT2D eigenvalue weighted by Gasteiger charge is 2.32. The second-order valence-electron chi connectivity index (χ2n) is 5.61. The summed E-state index contributed by atoms with van der Waals surface area (Å²) in [4.78, 5) is 23.2. The molecule has 5 nitrogen and oxygen atoms in total. The lowest BCUT2D eigenvalue weighted by Crippen LogP contribution is -2.49. The summed E-state index contributed by atoms with van der Waals surface area (Å²) >= 11 is 0. The van der Waals surface area contributed by atoms with Gasteiger partial charge in [-0.3, -0.25) is 4.79 Å². The van der Waals surface area contributed by atoms with Crippen molar-refractivity contribution >= 4 is 11.9 Å². The number of benzene rings is 1. The zero-order chi connectivity index (χ0) is 14.8. The van der Waals surface area contributed by atoms with E-state index in [1.807, 2.05) is 0 Å². The summed E-state index contributed by atoms with van der Waals surface area (Å²) in [6.07, 6.45) is 0. The first-order valence-corrected chi connectivity index (χ1v) is 5.96. The first-order valence-electron chi connectivity index (χ1n) is 5.96. The molecule has 0 fully saturated rings. The molecule has 0 aliphatic carbocycles. The van der Waals surface area contributed by atoms with Gasteiger partial charge in [0.1, 0.15) is 11.8 Å². The Labute approximate surface area is 112 Å². The molecule has 1 rings (SSSR count). The van der Waals surface area contributed by atoms with Crippen molar-refractivity contribution in [3.8, 4) is 5.75 Å². The molecule has 1 aromatic carbocycles. The Balaban J connectivity index is 2.94. The number of hydrogen-bond acceptors (Lipinski definition) is 3. The third-order valence-electron chi connectivity index (χ3n) is 2.86. The van der Waals surface area contributed by atoms with Gasteiger partial charge in [-0.1, -0.05) is 26.8 Å². The number of aromatic hydroxyl groups is 1. The van der Waals surface area contributed by atoms with Crippen molar-refractivity contribution in [1.82, 2.24) is 5.32 Å². The van der Waals surface area contributed by atoms with E-state index in [1.165, 1.54) is 6.07 Å². The van der Waals surface area contributed by atoms with Crippen molar-refractivity contribution < 1.29 is 19.8 Å². The minimum atomic E-state index is -1.09. The first-order chi connectivity index (χ1) is 8.62. The van der Waals surface area contributed by atoms with E-state index in [-0.39, 0.29) is 11.3 Å². The minimum Gasteiger partial charge on any atom is -0.508 e. The van der Waals surface area contributed by atoms with Gasteiger partial charge in [-0.2, -0.15) is 0 Å². The quantitative estimate of drug-likeness (QED) is 0.779. The summed E-state index contributed by atoms with van der Waals surface area (Å²) in [7, 11) is 0. The largest absolute Gasteiger partial charge is 0.508 e. The zero-order valence-electron chi connectivity index (χ0n) is 11.5. The van der Waals surface area contributed by atoms with Gasteiger partial charge in [-0.15, -0.1) is 0 Å². The average Bonchev–Trinajstić information content (AvgIpc) is 2.27. The van der Waals surface area contributed by atoms with Gasteiger partial charge in [-0.05, 0) is 30.0 Å². The molecule has 0 saturated carbocycles. The van der Waals surface area contributed by atoms with Gasteiger partial charge >= 0.3 is 5.97 Å². The van der Waals surface area contributed by atoms with Crippen molar-refractivity contribution in [2.24, 2.45) is 5.41 Å². The van der Waals surface area contributed by atoms with Gasteiger partial charge < -0.3 is 15.5 Å². The van der Waals surface area contributed by atoms with E-state index < -0.39 is 23.3 Å². The lowest BCUT2D eigenvalue weighted by atomic mass is 9.86. The van der Waals surface area contributed by atoms with E-state index in [2.05, 4.69) is 5.32 Å². The van der Waals surface area contributed by atoms with Crippen LogP contribution in [0.2, 0.25) is 0 Å². The number of aryl methyl sites for hydroxylation is 1. The number of rotatable bonds is 3. The number of carbonyl (C=O) groups excluding carboxylic acids is 1. The maximum absolute atomic E-state index is 12.0. The monoisotopic (exact) mass is 265 g/mol. The number of phenols is 1. The molecule has 0 spiro atoms. The summed E-state index contributed by atoms with van der Waals surface area (Å²) in [5, 5.41) is 21.2. The van der Waals surface area contributed by atoms with Gasteiger partial charge in [0.05, 0.1) is 0 Å². The predicted octanol–water partition coefficient (Wildman–Crippen LogP) is 1.93. The molecule has 3 N–H and O–H groups in total. The number of amides is 1. The van der Waals surface area contributed by atoms with Crippen LogP contribution in [0.3, 0.4) is 0 Å². The van der Waals surface area contributed by atoms with E-state index in [9.17, 15) is 14.7 Å². The fraction of sp³-hybridized carbons (Fsp3) is 0.429. The summed E-state index contributed by atoms with van der Waals surface area (Å²) in [6, 6.07) is 3.48. The molecule has 1 atom stereocenters. The number of carboxylic acids is 1. The van der Waals surface area contributed by atoms with Crippen LogP contribution < -0.4 is 5.32 Å². The average molecular weight is 265 g/mol. The highest BCUT2D eigenvalue weighted by molar-refractivity contribution is 5.97. The van der Waals surface area contributed by atoms with Gasteiger partial charge in [0.2, 0.25) is 0 Å². The second-order valence-corrected chi connectivity index (χ2v) is 5.61. The molecule has 19 heavy (non-hydrogen) atoms. The molecular formula is C14H19NO4. The summed E-state index contributed by atoms with van der Waals surface area (Å²) in [5.41, 5.74) is 0.287. The summed E-state index contributed by atoms with van der Waals surface area (Å²) in [5.74, 6) is -1.59. The number of aliphatic carboxylic acids is 1. The lowest BCUT2D eigenvalue weighted by Gasteiger charge is -2.27. The van der Waals surface area contributed by atoms with Crippen molar-refractivity contribution in [2.75, 3.05) is 0 Å². The van der Waals surface area contributed by atoms with Crippen molar-refractivity contribution in [3.05, 3.63) is 29.3 Å². The number of carboxylic acid groups (broad SMARTS) is 1. The molecule has 0 unspecified atom stereocenters. The Kier molecular flexibility index (Phi) is 4.19. The number of hydrogen-bond donors (Lipinski definition) is 3. The molecule has 0 heterocycles. The van der Waals surface area contributed by atoms with Gasteiger partial charge in [-0.25, -0.2) is 4.79 Å². The molecular weight excluding hydrogens is 246 g/mol. The summed E-state index contributed by atoms with van der Waals surface area (Å²) < 4.78 is 0. The van der Waals surface area contributed by atoms with Crippen molar-refractivity contribution in [1.29, 1.82) is 0 Å². The first kappa shape index (κ1) is 15.0. The van der Waals surface area contributed by atoms with E-state index in [0.29, 0.717) is 5.56 Å². The molecule has 0 aliphatic heterocycles. The molecule has 0 aliphatic rings. The smallest absolute Gasteiger partial charge is 0.326 e. The molecule has 1 amide bonds. The summed E-state index contributed by atoms with van der Waals surface area (Å²) in [6.45, 7) is 6.92. The van der Waals surface area contributed by atoms with E-state index >= 15 is 0 Å². The number of carbonyl (C=O) groups is 2. The Morgan fingerprint density at radius 1 is 1.26 bits per heavy atom. The van der Waals surface area contributed by atoms with E-state index in [4.69, 9.17) is 5.11 Å². The van der Waals surface area contributed by atoms with Crippen molar-refractivity contribution in [2.45, 2.75) is 33.7 Å². The Hall–Kier alpha value is -2.04. The van der Waals surface area contributed by atoms with Crippen molar-refractivity contribution in [3.63, 3.8) is 0 Å². The maximum atomic E-state index is 12.0. The van der Waals surface area contributed by atoms with Crippen LogP contribution in [-0.2, 0) is 4.79 Å². The molecule has 104 valence electrons. The second kappa shape index (κ2) is 5.30. The number of nitrogens with one attached hydrogen (secondary N) is 1. The normalized spacial score (nSPS) is 12.8. The molecule has 0 saturated heterocycles. The van der Waals surface area contributed by atoms with Crippen LogP contribution in [0.25, 0.3) is 0 Å². The van der Waals surface area contributed by atoms with E-state index in [0.717, 1.165) is 0 Å². The van der Waals surface area contributed by atoms with Crippen LogP contribution >= 0.6 is 0 Å². The SMILES string of the molecule is Cc1ccc(C(=O)N[C@H](C(=O)O)C(C)(C)C)cc1O. The van der Waals surface area contributed by atoms with Crippen LogP contribution in [0.4, 0.5) is 0 Å². The highest BCUT2D eigenvalue weighted by Crippen LogP contribution is 2.21. The van der Waals surface area contributed by atoms with Crippen LogP contribution in [0.1, 0.15) is 36.7 Å². The van der Waals surface area contributed by atoms with E-state index in [1.54, 1.807) is 39.8 Å². The zero-order valence-corrected chi connectivity index (χ0v) is 11.5. The fourth-order valence-corrected chi connectivity index (χ4v) is 1.61. The standard InChI is InChI=1S/C14H19NO4/c1-8-5-6-9(7-10(8)16)12(17)15-11(13(18)19)14(2,3)4/h5-7,11,16H,1-4H3,(H,15,17)(H,18,19)/t11-/m1/s1. The van der Waals surface area contributed by atoms with Gasteiger partial charge in [0.25, 0.3) is 5.91 Å². The minimum absolute atomic E-state index is 0.00952. The van der Waals surface area contributed by atoms with Crippen LogP contribution in [0.5, 0.6) is 5.75 Å². The maximum Gasteiger partial charge on any atom is 0.326 e. The Bertz CT molecular complexity index is 503.